The number of nitrogens with zero attached hydrogens (tertiary/aromatic N) is 1. The number of halogens is 1. The lowest BCUT2D eigenvalue weighted by Gasteiger charge is -2.26. The number of hydrogen-bond acceptors (Lipinski definition) is 7. The van der Waals surface area contributed by atoms with E-state index in [0.29, 0.717) is 37.7 Å². The fourth-order valence-electron chi connectivity index (χ4n) is 3.41. The van der Waals surface area contributed by atoms with Crippen LogP contribution in [0.4, 0.5) is 4.39 Å². The third-order valence-corrected chi connectivity index (χ3v) is 5.07. The van der Waals surface area contributed by atoms with E-state index in [1.54, 1.807) is 32.9 Å². The minimum atomic E-state index is -0.677. The Morgan fingerprint density at radius 2 is 1.79 bits per heavy atom. The Balaban J connectivity index is 1.83. The molecule has 0 aromatic heterocycles. The van der Waals surface area contributed by atoms with Gasteiger partial charge in [-0.1, -0.05) is 6.07 Å². The fraction of sp³-hybridized carbons (Fsp3) is 0.440. The first kappa shape index (κ1) is 24.7. The second-order valence-corrected chi connectivity index (χ2v) is 8.70. The van der Waals surface area contributed by atoms with Crippen molar-refractivity contribution < 1.29 is 32.9 Å². The van der Waals surface area contributed by atoms with E-state index in [2.05, 4.69) is 4.90 Å². The zero-order valence-electron chi connectivity index (χ0n) is 19.5. The first-order valence-corrected chi connectivity index (χ1v) is 10.9. The molecule has 0 spiro atoms. The maximum Gasteiger partial charge on any atom is 0.341 e. The zero-order chi connectivity index (χ0) is 24.0. The van der Waals surface area contributed by atoms with E-state index in [1.165, 1.54) is 31.4 Å². The molecule has 1 fully saturated rings. The fourth-order valence-corrected chi connectivity index (χ4v) is 3.41. The molecular weight excluding hydrogens is 429 g/mol. The summed E-state index contributed by atoms with van der Waals surface area (Å²) >= 11 is 0. The molecule has 0 aliphatic carbocycles. The number of rotatable bonds is 7. The molecule has 0 unspecified atom stereocenters. The van der Waals surface area contributed by atoms with Gasteiger partial charge in [0, 0.05) is 25.2 Å². The molecule has 33 heavy (non-hydrogen) atoms. The van der Waals surface area contributed by atoms with Crippen molar-refractivity contribution in [2.24, 2.45) is 0 Å². The van der Waals surface area contributed by atoms with Crippen LogP contribution >= 0.6 is 0 Å². The lowest BCUT2D eigenvalue weighted by Crippen LogP contribution is -2.38. The van der Waals surface area contributed by atoms with Crippen LogP contribution in [0.1, 0.15) is 41.5 Å². The van der Waals surface area contributed by atoms with Crippen molar-refractivity contribution in [1.29, 1.82) is 0 Å². The molecule has 1 aliphatic rings. The number of morpholine rings is 1. The molecule has 1 aliphatic heterocycles. The van der Waals surface area contributed by atoms with Crippen LogP contribution in [0.15, 0.2) is 36.4 Å². The minimum absolute atomic E-state index is 0.170. The van der Waals surface area contributed by atoms with E-state index in [-0.39, 0.29) is 16.7 Å². The molecule has 7 nitrogen and oxygen atoms in total. The van der Waals surface area contributed by atoms with Gasteiger partial charge in [-0.3, -0.25) is 4.90 Å². The van der Waals surface area contributed by atoms with Gasteiger partial charge in [-0.05, 0) is 56.7 Å². The molecule has 1 heterocycles. The van der Waals surface area contributed by atoms with Gasteiger partial charge in [-0.15, -0.1) is 0 Å². The van der Waals surface area contributed by atoms with Gasteiger partial charge < -0.3 is 18.9 Å². The van der Waals surface area contributed by atoms with Crippen LogP contribution in [0, 0.1) is 5.82 Å². The SMILES string of the molecule is COC(=O)c1cc(-c2cc(C(=O)OC(C)(C)C)ccc2F)ccc1OCCN1CCOCC1. The summed E-state index contributed by atoms with van der Waals surface area (Å²) in [5.41, 5.74) is 0.303. The summed E-state index contributed by atoms with van der Waals surface area (Å²) in [6, 6.07) is 8.76. The molecule has 0 amide bonds. The summed E-state index contributed by atoms with van der Waals surface area (Å²) in [5, 5.41) is 0. The number of ether oxygens (including phenoxy) is 4. The van der Waals surface area contributed by atoms with Crippen LogP contribution in [0.5, 0.6) is 5.75 Å². The number of methoxy groups -OCH3 is 1. The first-order valence-electron chi connectivity index (χ1n) is 10.9. The van der Waals surface area contributed by atoms with Crippen molar-refractivity contribution >= 4 is 11.9 Å². The van der Waals surface area contributed by atoms with Crippen molar-refractivity contribution in [3.8, 4) is 16.9 Å². The Morgan fingerprint density at radius 3 is 2.45 bits per heavy atom. The largest absolute Gasteiger partial charge is 0.491 e. The Labute approximate surface area is 193 Å². The average molecular weight is 460 g/mol. The van der Waals surface area contributed by atoms with Gasteiger partial charge in [-0.25, -0.2) is 14.0 Å². The third-order valence-electron chi connectivity index (χ3n) is 5.07. The average Bonchev–Trinajstić information content (AvgIpc) is 2.78. The molecular formula is C25H30FNO6. The number of esters is 2. The van der Waals surface area contributed by atoms with Gasteiger partial charge >= 0.3 is 11.9 Å². The van der Waals surface area contributed by atoms with Crippen molar-refractivity contribution in [2.45, 2.75) is 26.4 Å². The molecule has 0 N–H and O–H groups in total. The van der Waals surface area contributed by atoms with Crippen LogP contribution < -0.4 is 4.74 Å². The molecule has 2 aromatic rings. The van der Waals surface area contributed by atoms with Gasteiger partial charge in [-0.2, -0.15) is 0 Å². The third kappa shape index (κ3) is 6.76. The van der Waals surface area contributed by atoms with Crippen LogP contribution in [-0.2, 0) is 14.2 Å². The predicted octanol–water partition coefficient (Wildman–Crippen LogP) is 3.95. The monoisotopic (exact) mass is 459 g/mol. The molecule has 0 saturated carbocycles. The molecule has 0 bridgehead atoms. The van der Waals surface area contributed by atoms with E-state index >= 15 is 0 Å². The Hall–Kier alpha value is -2.97. The highest BCUT2D eigenvalue weighted by atomic mass is 19.1. The summed E-state index contributed by atoms with van der Waals surface area (Å²) in [6.45, 7) is 9.40. The molecule has 178 valence electrons. The highest BCUT2D eigenvalue weighted by Gasteiger charge is 2.21. The Bertz CT molecular complexity index is 995. The number of benzene rings is 2. The zero-order valence-corrected chi connectivity index (χ0v) is 19.5. The molecule has 0 radical (unpaired) electrons. The highest BCUT2D eigenvalue weighted by molar-refractivity contribution is 5.95. The molecule has 1 saturated heterocycles. The molecule has 0 atom stereocenters. The van der Waals surface area contributed by atoms with Gasteiger partial charge in [0.05, 0.1) is 25.9 Å². The topological polar surface area (TPSA) is 74.3 Å². The van der Waals surface area contributed by atoms with Crippen LogP contribution in [0.2, 0.25) is 0 Å². The highest BCUT2D eigenvalue weighted by Crippen LogP contribution is 2.30. The second kappa shape index (κ2) is 10.8. The van der Waals surface area contributed by atoms with Crippen molar-refractivity contribution in [3.05, 3.63) is 53.3 Å². The summed E-state index contributed by atoms with van der Waals surface area (Å²) in [6.07, 6.45) is 0. The maximum absolute atomic E-state index is 14.7. The Kier molecular flexibility index (Phi) is 8.05. The summed E-state index contributed by atoms with van der Waals surface area (Å²) < 4.78 is 36.1. The normalized spacial score (nSPS) is 14.6. The lowest BCUT2D eigenvalue weighted by molar-refractivity contribution is 0.00692. The van der Waals surface area contributed by atoms with Crippen molar-refractivity contribution in [2.75, 3.05) is 46.6 Å². The van der Waals surface area contributed by atoms with E-state index in [0.717, 1.165) is 13.1 Å². The Morgan fingerprint density at radius 1 is 1.06 bits per heavy atom. The maximum atomic E-state index is 14.7. The first-order chi connectivity index (χ1) is 15.7. The molecule has 8 heteroatoms. The summed E-state index contributed by atoms with van der Waals surface area (Å²) in [4.78, 5) is 27.0. The van der Waals surface area contributed by atoms with Gasteiger partial charge in [0.2, 0.25) is 0 Å². The van der Waals surface area contributed by atoms with Crippen molar-refractivity contribution in [1.82, 2.24) is 4.90 Å². The number of carbonyl (C=O) groups excluding carboxylic acids is 2. The van der Waals surface area contributed by atoms with Crippen LogP contribution in [-0.4, -0.2) is 69.0 Å². The van der Waals surface area contributed by atoms with E-state index in [9.17, 15) is 14.0 Å². The van der Waals surface area contributed by atoms with E-state index in [4.69, 9.17) is 18.9 Å². The summed E-state index contributed by atoms with van der Waals surface area (Å²) in [5.74, 6) is -1.33. The lowest BCUT2D eigenvalue weighted by atomic mass is 9.99. The number of carbonyl (C=O) groups is 2. The quantitative estimate of drug-likeness (QED) is 0.581. The van der Waals surface area contributed by atoms with Crippen molar-refractivity contribution in [3.63, 3.8) is 0 Å². The molecule has 2 aromatic carbocycles. The van der Waals surface area contributed by atoms with E-state index < -0.39 is 23.4 Å². The minimum Gasteiger partial charge on any atom is -0.491 e. The number of hydrogen-bond donors (Lipinski definition) is 0. The van der Waals surface area contributed by atoms with E-state index in [1.807, 2.05) is 0 Å². The van der Waals surface area contributed by atoms with Gasteiger partial charge in [0.1, 0.15) is 29.3 Å². The standard InChI is InChI=1S/C25H30FNO6/c1-25(2,3)33-23(28)18-5-7-21(26)19(16-18)17-6-8-22(20(15-17)24(29)30-4)32-14-11-27-9-12-31-13-10-27/h5-8,15-16H,9-14H2,1-4H3. The summed E-state index contributed by atoms with van der Waals surface area (Å²) in [7, 11) is 1.27. The smallest absolute Gasteiger partial charge is 0.341 e. The van der Waals surface area contributed by atoms with Gasteiger partial charge in [0.15, 0.2) is 0 Å². The predicted molar refractivity (Wildman–Crippen MR) is 121 cm³/mol. The second-order valence-electron chi connectivity index (χ2n) is 8.70. The van der Waals surface area contributed by atoms with Crippen LogP contribution in [0.3, 0.4) is 0 Å². The molecule has 3 rings (SSSR count). The van der Waals surface area contributed by atoms with Gasteiger partial charge in [0.25, 0.3) is 0 Å². The van der Waals surface area contributed by atoms with Crippen LogP contribution in [0.25, 0.3) is 11.1 Å².